The van der Waals surface area contributed by atoms with Crippen molar-refractivity contribution in [1.82, 2.24) is 0 Å². The standard InChI is InChI=1S/C6H8O3/c7-6(8)3-1-2-4-5(3)9-4/h3-5H,1-2H2,(H,7,8). The SMILES string of the molecule is O=C(O)C1CCC2OC21. The molecule has 1 saturated carbocycles. The van der Waals surface area contributed by atoms with Gasteiger partial charge in [0.15, 0.2) is 0 Å². The molecule has 1 N–H and O–H groups in total. The van der Waals surface area contributed by atoms with E-state index in [1.165, 1.54) is 0 Å². The minimum absolute atomic E-state index is 0.0718. The summed E-state index contributed by atoms with van der Waals surface area (Å²) >= 11 is 0. The lowest BCUT2D eigenvalue weighted by molar-refractivity contribution is -0.142. The summed E-state index contributed by atoms with van der Waals surface area (Å²) < 4.78 is 5.05. The molecule has 2 aliphatic rings. The average molecular weight is 128 g/mol. The molecule has 0 aromatic rings. The molecule has 3 unspecified atom stereocenters. The van der Waals surface area contributed by atoms with Crippen LogP contribution in [0.3, 0.4) is 0 Å². The lowest BCUT2D eigenvalue weighted by Gasteiger charge is -2.00. The number of carboxylic acid groups (broad SMARTS) is 1. The van der Waals surface area contributed by atoms with Crippen LogP contribution in [0.4, 0.5) is 0 Å². The van der Waals surface area contributed by atoms with E-state index in [0.717, 1.165) is 12.8 Å². The van der Waals surface area contributed by atoms with Gasteiger partial charge in [0.25, 0.3) is 0 Å². The molecule has 2 fully saturated rings. The van der Waals surface area contributed by atoms with E-state index in [0.29, 0.717) is 6.10 Å². The summed E-state index contributed by atoms with van der Waals surface area (Å²) in [6.45, 7) is 0. The molecule has 9 heavy (non-hydrogen) atoms. The van der Waals surface area contributed by atoms with Crippen LogP contribution in [0.1, 0.15) is 12.8 Å². The molecule has 1 saturated heterocycles. The average Bonchev–Trinajstić information content (AvgIpc) is 2.43. The molecule has 3 nitrogen and oxygen atoms in total. The molecule has 1 heterocycles. The molecule has 0 amide bonds. The molecule has 2 rings (SSSR count). The summed E-state index contributed by atoms with van der Waals surface area (Å²) in [4.78, 5) is 10.4. The Bertz CT molecular complexity index is 154. The minimum atomic E-state index is -0.694. The fraction of sp³-hybridized carbons (Fsp3) is 0.833. The van der Waals surface area contributed by atoms with E-state index in [2.05, 4.69) is 0 Å². The van der Waals surface area contributed by atoms with Gasteiger partial charge in [0.05, 0.1) is 18.1 Å². The molecule has 0 aromatic heterocycles. The maximum absolute atomic E-state index is 10.4. The Morgan fingerprint density at radius 3 is 2.56 bits per heavy atom. The van der Waals surface area contributed by atoms with Gasteiger partial charge in [-0.25, -0.2) is 0 Å². The second-order valence-corrected chi connectivity index (χ2v) is 2.66. The van der Waals surface area contributed by atoms with Crippen LogP contribution in [0.15, 0.2) is 0 Å². The van der Waals surface area contributed by atoms with Crippen molar-refractivity contribution in [3.8, 4) is 0 Å². The maximum Gasteiger partial charge on any atom is 0.309 e. The largest absolute Gasteiger partial charge is 0.481 e. The molecular weight excluding hydrogens is 120 g/mol. The quantitative estimate of drug-likeness (QED) is 0.515. The van der Waals surface area contributed by atoms with Crippen LogP contribution in [0.2, 0.25) is 0 Å². The normalized spacial score (nSPS) is 46.4. The molecule has 0 bridgehead atoms. The smallest absolute Gasteiger partial charge is 0.309 e. The molecule has 0 aromatic carbocycles. The van der Waals surface area contributed by atoms with Crippen molar-refractivity contribution in [3.05, 3.63) is 0 Å². The van der Waals surface area contributed by atoms with Crippen molar-refractivity contribution in [1.29, 1.82) is 0 Å². The van der Waals surface area contributed by atoms with Gasteiger partial charge in [0, 0.05) is 0 Å². The first-order chi connectivity index (χ1) is 4.29. The van der Waals surface area contributed by atoms with Crippen molar-refractivity contribution >= 4 is 5.97 Å². The predicted octanol–water partition coefficient (Wildman–Crippen LogP) is 0.248. The number of epoxide rings is 1. The van der Waals surface area contributed by atoms with Gasteiger partial charge in [-0.05, 0) is 12.8 Å². The van der Waals surface area contributed by atoms with E-state index in [4.69, 9.17) is 9.84 Å². The first kappa shape index (κ1) is 5.23. The first-order valence-corrected chi connectivity index (χ1v) is 3.17. The van der Waals surface area contributed by atoms with Gasteiger partial charge < -0.3 is 9.84 Å². The highest BCUT2D eigenvalue weighted by Gasteiger charge is 2.53. The van der Waals surface area contributed by atoms with Crippen LogP contribution >= 0.6 is 0 Å². The number of hydrogen-bond donors (Lipinski definition) is 1. The summed E-state index contributed by atoms with van der Waals surface area (Å²) in [6.07, 6.45) is 2.13. The molecule has 3 heteroatoms. The lowest BCUT2D eigenvalue weighted by atomic mass is 10.1. The summed E-state index contributed by atoms with van der Waals surface area (Å²) in [5.41, 5.74) is 0. The highest BCUT2D eigenvalue weighted by Crippen LogP contribution is 2.42. The topological polar surface area (TPSA) is 49.8 Å². The second-order valence-electron chi connectivity index (χ2n) is 2.66. The Hall–Kier alpha value is -0.570. The van der Waals surface area contributed by atoms with E-state index in [1.54, 1.807) is 0 Å². The fourth-order valence-corrected chi connectivity index (χ4v) is 1.51. The third kappa shape index (κ3) is 0.645. The van der Waals surface area contributed by atoms with Crippen LogP contribution in [-0.4, -0.2) is 23.3 Å². The molecule has 3 atom stereocenters. The zero-order valence-corrected chi connectivity index (χ0v) is 4.91. The third-order valence-corrected chi connectivity index (χ3v) is 2.10. The second kappa shape index (κ2) is 1.48. The van der Waals surface area contributed by atoms with Crippen LogP contribution in [0, 0.1) is 5.92 Å². The van der Waals surface area contributed by atoms with Crippen LogP contribution in [0.25, 0.3) is 0 Å². The summed E-state index contributed by atoms with van der Waals surface area (Å²) in [6, 6.07) is 0. The Labute approximate surface area is 52.6 Å². The number of carbonyl (C=O) groups is 1. The molecule has 1 aliphatic carbocycles. The van der Waals surface area contributed by atoms with Crippen molar-refractivity contribution < 1.29 is 14.6 Å². The lowest BCUT2D eigenvalue weighted by Crippen LogP contribution is -2.15. The monoisotopic (exact) mass is 128 g/mol. The first-order valence-electron chi connectivity index (χ1n) is 3.17. The van der Waals surface area contributed by atoms with Crippen molar-refractivity contribution in [3.63, 3.8) is 0 Å². The Morgan fingerprint density at radius 2 is 2.33 bits per heavy atom. The van der Waals surface area contributed by atoms with Crippen molar-refractivity contribution in [2.24, 2.45) is 5.92 Å². The Morgan fingerprint density at radius 1 is 1.56 bits per heavy atom. The van der Waals surface area contributed by atoms with E-state index in [9.17, 15) is 4.79 Å². The fourth-order valence-electron chi connectivity index (χ4n) is 1.51. The highest BCUT2D eigenvalue weighted by atomic mass is 16.6. The predicted molar refractivity (Wildman–Crippen MR) is 29.0 cm³/mol. The zero-order chi connectivity index (χ0) is 6.43. The number of ether oxygens (including phenoxy) is 1. The minimum Gasteiger partial charge on any atom is -0.481 e. The van der Waals surface area contributed by atoms with Gasteiger partial charge >= 0.3 is 5.97 Å². The Balaban J connectivity index is 2.06. The van der Waals surface area contributed by atoms with Crippen molar-refractivity contribution in [2.75, 3.05) is 0 Å². The summed E-state index contributed by atoms with van der Waals surface area (Å²) in [7, 11) is 0. The molecule has 50 valence electrons. The van der Waals surface area contributed by atoms with Crippen LogP contribution in [-0.2, 0) is 9.53 Å². The number of carboxylic acids is 1. The van der Waals surface area contributed by atoms with E-state index < -0.39 is 5.97 Å². The summed E-state index contributed by atoms with van der Waals surface area (Å²) in [5.74, 6) is -0.894. The van der Waals surface area contributed by atoms with Gasteiger partial charge in [-0.1, -0.05) is 0 Å². The molecule has 0 radical (unpaired) electrons. The highest BCUT2D eigenvalue weighted by molar-refractivity contribution is 5.71. The van der Waals surface area contributed by atoms with Gasteiger partial charge in [0.1, 0.15) is 0 Å². The third-order valence-electron chi connectivity index (χ3n) is 2.10. The number of hydrogen-bond acceptors (Lipinski definition) is 2. The summed E-state index contributed by atoms with van der Waals surface area (Å²) in [5, 5.41) is 8.53. The zero-order valence-electron chi connectivity index (χ0n) is 4.91. The maximum atomic E-state index is 10.4. The van der Waals surface area contributed by atoms with Crippen molar-refractivity contribution in [2.45, 2.75) is 25.0 Å². The number of fused-ring (bicyclic) bond motifs is 1. The molecular formula is C6H8O3. The molecule has 0 spiro atoms. The Kier molecular flexibility index (Phi) is 0.858. The number of rotatable bonds is 1. The van der Waals surface area contributed by atoms with Crippen LogP contribution < -0.4 is 0 Å². The van der Waals surface area contributed by atoms with E-state index >= 15 is 0 Å². The number of aliphatic carboxylic acids is 1. The van der Waals surface area contributed by atoms with Gasteiger partial charge in [-0.2, -0.15) is 0 Å². The van der Waals surface area contributed by atoms with Gasteiger partial charge in [-0.15, -0.1) is 0 Å². The van der Waals surface area contributed by atoms with E-state index in [1.807, 2.05) is 0 Å². The van der Waals surface area contributed by atoms with Crippen LogP contribution in [0.5, 0.6) is 0 Å². The molecule has 1 aliphatic heterocycles. The van der Waals surface area contributed by atoms with E-state index in [-0.39, 0.29) is 12.0 Å². The van der Waals surface area contributed by atoms with Gasteiger partial charge in [-0.3, -0.25) is 4.79 Å². The van der Waals surface area contributed by atoms with Gasteiger partial charge in [0.2, 0.25) is 0 Å².